The lowest BCUT2D eigenvalue weighted by Gasteiger charge is -2.12. The monoisotopic (exact) mass is 234 g/mol. The molecule has 2 aliphatic rings. The predicted octanol–water partition coefficient (Wildman–Crippen LogP) is 1.35. The molecular weight excluding hydrogens is 220 g/mol. The molecule has 3 rings (SSSR count). The summed E-state index contributed by atoms with van der Waals surface area (Å²) < 4.78 is 5.13. The van der Waals surface area contributed by atoms with Gasteiger partial charge in [0.1, 0.15) is 12.4 Å². The minimum absolute atomic E-state index is 0.0804. The van der Waals surface area contributed by atoms with Crippen molar-refractivity contribution in [2.75, 3.05) is 4.90 Å². The molecule has 0 spiro atoms. The number of rotatable bonds is 3. The molecule has 1 atom stereocenters. The molecule has 0 aromatic carbocycles. The Morgan fingerprint density at radius 2 is 2.24 bits per heavy atom. The number of hydrogen-bond donors (Lipinski definition) is 0. The summed E-state index contributed by atoms with van der Waals surface area (Å²) in [6, 6.07) is -0.321. The molecule has 1 aromatic rings. The lowest BCUT2D eigenvalue weighted by molar-refractivity contribution is -0.119. The van der Waals surface area contributed by atoms with E-state index in [0.29, 0.717) is 17.8 Å². The van der Waals surface area contributed by atoms with Crippen LogP contribution in [0.15, 0.2) is 9.52 Å². The van der Waals surface area contributed by atoms with Crippen molar-refractivity contribution in [3.05, 3.63) is 5.89 Å². The highest BCUT2D eigenvalue weighted by atomic mass is 16.5. The summed E-state index contributed by atoms with van der Waals surface area (Å²) in [6.45, 7) is 3.94. The number of carbonyl (C=O) groups is 1. The van der Waals surface area contributed by atoms with Gasteiger partial charge in [-0.15, -0.1) is 0 Å². The minimum atomic E-state index is -0.321. The fourth-order valence-corrected chi connectivity index (χ4v) is 1.83. The van der Waals surface area contributed by atoms with Gasteiger partial charge in [-0.1, -0.05) is 13.8 Å². The highest BCUT2D eigenvalue weighted by Gasteiger charge is 2.36. The summed E-state index contributed by atoms with van der Waals surface area (Å²) in [5.41, 5.74) is 0. The quantitative estimate of drug-likeness (QED) is 0.791. The Hall–Kier alpha value is -1.72. The van der Waals surface area contributed by atoms with E-state index in [9.17, 15) is 4.79 Å². The molecular formula is C11H14N4O2. The van der Waals surface area contributed by atoms with E-state index in [1.165, 1.54) is 11.2 Å². The molecule has 17 heavy (non-hydrogen) atoms. The van der Waals surface area contributed by atoms with E-state index in [1.807, 2.05) is 13.8 Å². The molecule has 1 aromatic heterocycles. The average Bonchev–Trinajstić information content (AvgIpc) is 2.89. The smallest absolute Gasteiger partial charge is 0.278 e. The summed E-state index contributed by atoms with van der Waals surface area (Å²) in [7, 11) is 0. The summed E-state index contributed by atoms with van der Waals surface area (Å²) in [6.07, 6.45) is 3.69. The van der Waals surface area contributed by atoms with Crippen molar-refractivity contribution in [3.63, 3.8) is 0 Å². The van der Waals surface area contributed by atoms with Crippen molar-refractivity contribution < 1.29 is 9.32 Å². The highest BCUT2D eigenvalue weighted by Crippen LogP contribution is 2.39. The lowest BCUT2D eigenvalue weighted by Crippen LogP contribution is -2.34. The molecule has 1 saturated carbocycles. The Bertz CT molecular complexity index is 476. The molecule has 6 nitrogen and oxygen atoms in total. The molecule has 6 heteroatoms. The van der Waals surface area contributed by atoms with Crippen molar-refractivity contribution in [1.82, 2.24) is 10.1 Å². The van der Waals surface area contributed by atoms with Crippen LogP contribution in [0.4, 0.5) is 5.95 Å². The van der Waals surface area contributed by atoms with E-state index < -0.39 is 0 Å². The van der Waals surface area contributed by atoms with Crippen LogP contribution in [0.5, 0.6) is 0 Å². The van der Waals surface area contributed by atoms with Gasteiger partial charge in [0.25, 0.3) is 11.9 Å². The number of aliphatic imine (C=N–C) groups is 1. The second-order valence-corrected chi connectivity index (χ2v) is 4.87. The van der Waals surface area contributed by atoms with Gasteiger partial charge in [0, 0.05) is 5.92 Å². The van der Waals surface area contributed by atoms with Crippen LogP contribution >= 0.6 is 0 Å². The van der Waals surface area contributed by atoms with Crippen LogP contribution < -0.4 is 4.90 Å². The summed E-state index contributed by atoms with van der Waals surface area (Å²) in [4.78, 5) is 21.8. The van der Waals surface area contributed by atoms with E-state index >= 15 is 0 Å². The molecule has 1 amide bonds. The molecule has 2 heterocycles. The van der Waals surface area contributed by atoms with Gasteiger partial charge in [0.2, 0.25) is 5.89 Å². The zero-order chi connectivity index (χ0) is 12.0. The molecule has 1 unspecified atom stereocenters. The third kappa shape index (κ3) is 1.73. The molecule has 0 saturated heterocycles. The maximum absolute atomic E-state index is 12.0. The zero-order valence-corrected chi connectivity index (χ0v) is 9.83. The molecule has 0 N–H and O–H groups in total. The van der Waals surface area contributed by atoms with Crippen LogP contribution in [-0.4, -0.2) is 28.4 Å². The molecule has 90 valence electrons. The predicted molar refractivity (Wildman–Crippen MR) is 60.9 cm³/mol. The molecule has 1 aliphatic carbocycles. The van der Waals surface area contributed by atoms with Gasteiger partial charge in [0.05, 0.1) is 0 Å². The van der Waals surface area contributed by atoms with Gasteiger partial charge in [0.15, 0.2) is 0 Å². The van der Waals surface area contributed by atoms with Crippen LogP contribution in [0.2, 0.25) is 0 Å². The van der Waals surface area contributed by atoms with E-state index in [1.54, 1.807) is 0 Å². The van der Waals surface area contributed by atoms with Crippen LogP contribution in [-0.2, 0) is 4.79 Å². The Morgan fingerprint density at radius 1 is 1.47 bits per heavy atom. The first-order chi connectivity index (χ1) is 8.16. The number of anilines is 1. The Labute approximate surface area is 98.7 Å². The van der Waals surface area contributed by atoms with Crippen molar-refractivity contribution >= 4 is 18.2 Å². The maximum Gasteiger partial charge on any atom is 0.278 e. The van der Waals surface area contributed by atoms with E-state index in [0.717, 1.165) is 12.8 Å². The molecule has 0 radical (unpaired) electrons. The number of carbonyl (C=O) groups excluding carboxylic acids is 1. The van der Waals surface area contributed by atoms with Gasteiger partial charge in [-0.25, -0.2) is 4.90 Å². The Balaban J connectivity index is 1.80. The fraction of sp³-hybridized carbons (Fsp3) is 0.636. The topological polar surface area (TPSA) is 71.6 Å². The SMILES string of the molecule is CC(C)C1N=CN(c2noc(C3CC3)n2)C1=O. The van der Waals surface area contributed by atoms with Gasteiger partial charge in [-0.05, 0) is 23.9 Å². The van der Waals surface area contributed by atoms with Crippen molar-refractivity contribution in [3.8, 4) is 0 Å². The number of aromatic nitrogens is 2. The third-order valence-electron chi connectivity index (χ3n) is 3.04. The first kappa shape index (κ1) is 10.4. The first-order valence-electron chi connectivity index (χ1n) is 5.87. The third-order valence-corrected chi connectivity index (χ3v) is 3.04. The number of nitrogens with zero attached hydrogens (tertiary/aromatic N) is 4. The average molecular weight is 234 g/mol. The van der Waals surface area contributed by atoms with Crippen molar-refractivity contribution in [2.24, 2.45) is 10.9 Å². The molecule has 0 bridgehead atoms. The van der Waals surface area contributed by atoms with E-state index in [4.69, 9.17) is 4.52 Å². The van der Waals surface area contributed by atoms with Crippen LogP contribution in [0.1, 0.15) is 38.5 Å². The zero-order valence-electron chi connectivity index (χ0n) is 9.83. The standard InChI is InChI=1S/C11H14N4O2/c1-6(2)8-10(16)15(5-12-8)11-13-9(17-14-11)7-3-4-7/h5-8H,3-4H2,1-2H3. The second kappa shape index (κ2) is 3.65. The number of amides is 1. The van der Waals surface area contributed by atoms with Gasteiger partial charge in [-0.3, -0.25) is 9.79 Å². The van der Waals surface area contributed by atoms with E-state index in [2.05, 4.69) is 15.1 Å². The van der Waals surface area contributed by atoms with Crippen LogP contribution in [0.3, 0.4) is 0 Å². The van der Waals surface area contributed by atoms with Crippen LogP contribution in [0.25, 0.3) is 0 Å². The maximum atomic E-state index is 12.0. The largest absolute Gasteiger partial charge is 0.337 e. The first-order valence-corrected chi connectivity index (χ1v) is 5.87. The second-order valence-electron chi connectivity index (χ2n) is 4.87. The lowest BCUT2D eigenvalue weighted by atomic mass is 10.1. The fourth-order valence-electron chi connectivity index (χ4n) is 1.83. The van der Waals surface area contributed by atoms with Gasteiger partial charge < -0.3 is 4.52 Å². The Kier molecular flexibility index (Phi) is 2.24. The van der Waals surface area contributed by atoms with Crippen molar-refractivity contribution in [1.29, 1.82) is 0 Å². The summed E-state index contributed by atoms with van der Waals surface area (Å²) >= 11 is 0. The van der Waals surface area contributed by atoms with E-state index in [-0.39, 0.29) is 17.9 Å². The van der Waals surface area contributed by atoms with Crippen molar-refractivity contribution in [2.45, 2.75) is 38.6 Å². The summed E-state index contributed by atoms with van der Waals surface area (Å²) in [5.74, 6) is 1.44. The van der Waals surface area contributed by atoms with Crippen LogP contribution in [0, 0.1) is 5.92 Å². The van der Waals surface area contributed by atoms with Gasteiger partial charge >= 0.3 is 0 Å². The number of hydrogen-bond acceptors (Lipinski definition) is 5. The normalized spacial score (nSPS) is 24.1. The highest BCUT2D eigenvalue weighted by molar-refractivity contribution is 6.13. The summed E-state index contributed by atoms with van der Waals surface area (Å²) in [5, 5.41) is 3.83. The molecule has 1 aliphatic heterocycles. The minimum Gasteiger partial charge on any atom is -0.337 e. The van der Waals surface area contributed by atoms with Gasteiger partial charge in [-0.2, -0.15) is 4.98 Å². The molecule has 1 fully saturated rings. The Morgan fingerprint density at radius 3 is 2.82 bits per heavy atom.